The molecule has 25 heavy (non-hydrogen) atoms. The molecule has 2 heterocycles. The molecule has 1 aromatic heterocycles. The maximum absolute atomic E-state index is 12.5. The maximum Gasteiger partial charge on any atom is 0.244 e. The van der Waals surface area contributed by atoms with Crippen LogP contribution in [0.25, 0.3) is 0 Å². The lowest BCUT2D eigenvalue weighted by molar-refractivity contribution is 0.280. The van der Waals surface area contributed by atoms with Crippen molar-refractivity contribution in [2.75, 3.05) is 25.0 Å². The van der Waals surface area contributed by atoms with E-state index in [0.29, 0.717) is 25.3 Å². The number of aromatic nitrogens is 1. The van der Waals surface area contributed by atoms with E-state index in [9.17, 15) is 13.5 Å². The summed E-state index contributed by atoms with van der Waals surface area (Å²) < 4.78 is 26.6. The summed E-state index contributed by atoms with van der Waals surface area (Å²) in [4.78, 5) is 4.49. The Labute approximate surface area is 148 Å². The number of nitrogens with one attached hydrogen (secondary N) is 1. The summed E-state index contributed by atoms with van der Waals surface area (Å²) in [6, 6.07) is 13.0. The van der Waals surface area contributed by atoms with E-state index < -0.39 is 10.0 Å². The number of aliphatic hydroxyl groups is 1. The van der Waals surface area contributed by atoms with Crippen LogP contribution in [0.3, 0.4) is 0 Å². The molecule has 3 rings (SSSR count). The number of nitrogens with zero attached hydrogens (tertiary/aromatic N) is 2. The van der Waals surface area contributed by atoms with Crippen LogP contribution in [0.1, 0.15) is 30.9 Å². The molecule has 0 saturated carbocycles. The Bertz CT molecular complexity index is 773. The van der Waals surface area contributed by atoms with E-state index in [0.717, 1.165) is 18.4 Å². The number of aliphatic hydroxyl groups excluding tert-OH is 1. The fourth-order valence-electron chi connectivity index (χ4n) is 3.01. The third-order valence-electron chi connectivity index (χ3n) is 4.38. The first-order chi connectivity index (χ1) is 12.1. The highest BCUT2D eigenvalue weighted by Crippen LogP contribution is 2.24. The lowest BCUT2D eigenvalue weighted by atomic mass is 10.0. The molecule has 1 atom stereocenters. The van der Waals surface area contributed by atoms with E-state index >= 15 is 0 Å². The van der Waals surface area contributed by atoms with Crippen molar-refractivity contribution < 1.29 is 13.5 Å². The first-order valence-corrected chi connectivity index (χ1v) is 9.94. The Balaban J connectivity index is 1.75. The number of benzene rings is 1. The van der Waals surface area contributed by atoms with Gasteiger partial charge in [-0.3, -0.25) is 0 Å². The minimum Gasteiger partial charge on any atom is -0.396 e. The van der Waals surface area contributed by atoms with E-state index in [-0.39, 0.29) is 17.5 Å². The molecule has 1 aliphatic rings. The number of hydrogen-bond donors (Lipinski definition) is 2. The monoisotopic (exact) mass is 361 g/mol. The minimum atomic E-state index is -3.44. The first kappa shape index (κ1) is 17.8. The predicted octanol–water partition coefficient (Wildman–Crippen LogP) is 2.40. The van der Waals surface area contributed by atoms with Crippen molar-refractivity contribution in [1.29, 1.82) is 0 Å². The zero-order valence-corrected chi connectivity index (χ0v) is 14.8. The first-order valence-electron chi connectivity index (χ1n) is 8.50. The Morgan fingerprint density at radius 2 is 1.84 bits per heavy atom. The smallest absolute Gasteiger partial charge is 0.244 e. The molecule has 0 aliphatic carbocycles. The van der Waals surface area contributed by atoms with Crippen LogP contribution in [0.2, 0.25) is 0 Å². The van der Waals surface area contributed by atoms with E-state index in [1.165, 1.54) is 10.5 Å². The molecule has 134 valence electrons. The van der Waals surface area contributed by atoms with E-state index in [2.05, 4.69) is 10.3 Å². The van der Waals surface area contributed by atoms with Crippen molar-refractivity contribution in [3.63, 3.8) is 0 Å². The number of rotatable bonds is 7. The average Bonchev–Trinajstić information content (AvgIpc) is 3.18. The maximum atomic E-state index is 12.5. The number of sulfonamides is 1. The van der Waals surface area contributed by atoms with Gasteiger partial charge in [-0.2, -0.15) is 4.31 Å². The number of hydrogen-bond acceptors (Lipinski definition) is 5. The van der Waals surface area contributed by atoms with Gasteiger partial charge in [0.15, 0.2) is 0 Å². The highest BCUT2D eigenvalue weighted by Gasteiger charge is 2.27. The normalized spacial score (nSPS) is 16.7. The molecule has 0 spiro atoms. The van der Waals surface area contributed by atoms with Gasteiger partial charge in [-0.15, -0.1) is 0 Å². The van der Waals surface area contributed by atoms with Gasteiger partial charge in [0.1, 0.15) is 10.7 Å². The number of anilines is 1. The van der Waals surface area contributed by atoms with E-state index in [1.807, 2.05) is 30.3 Å². The molecular weight excluding hydrogens is 338 g/mol. The summed E-state index contributed by atoms with van der Waals surface area (Å²) in [6.45, 7) is 1.21. The molecule has 1 saturated heterocycles. The molecular formula is C18H23N3O3S. The Kier molecular flexibility index (Phi) is 5.67. The Morgan fingerprint density at radius 3 is 2.44 bits per heavy atom. The van der Waals surface area contributed by atoms with Gasteiger partial charge in [-0.05, 0) is 37.0 Å². The third-order valence-corrected chi connectivity index (χ3v) is 6.26. The summed E-state index contributed by atoms with van der Waals surface area (Å²) in [5.74, 6) is 0.586. The summed E-state index contributed by atoms with van der Waals surface area (Å²) in [6.07, 6.45) is 3.76. The second-order valence-electron chi connectivity index (χ2n) is 6.11. The third kappa shape index (κ3) is 4.18. The molecule has 1 aliphatic heterocycles. The summed E-state index contributed by atoms with van der Waals surface area (Å²) in [7, 11) is -3.44. The lowest BCUT2D eigenvalue weighted by Crippen LogP contribution is -2.28. The van der Waals surface area contributed by atoms with Gasteiger partial charge in [-0.1, -0.05) is 30.3 Å². The molecule has 7 heteroatoms. The molecule has 0 unspecified atom stereocenters. The van der Waals surface area contributed by atoms with Gasteiger partial charge >= 0.3 is 0 Å². The van der Waals surface area contributed by atoms with Crippen LogP contribution in [0.4, 0.5) is 5.82 Å². The predicted molar refractivity (Wildman–Crippen MR) is 96.7 cm³/mol. The van der Waals surface area contributed by atoms with Crippen LogP contribution in [-0.4, -0.2) is 42.5 Å². The van der Waals surface area contributed by atoms with Crippen molar-refractivity contribution in [3.05, 3.63) is 54.2 Å². The summed E-state index contributed by atoms with van der Waals surface area (Å²) in [5.41, 5.74) is 1.05. The van der Waals surface area contributed by atoms with Crippen LogP contribution in [0.15, 0.2) is 53.6 Å². The highest BCUT2D eigenvalue weighted by atomic mass is 32.2. The summed E-state index contributed by atoms with van der Waals surface area (Å²) in [5, 5.41) is 12.6. The zero-order valence-electron chi connectivity index (χ0n) is 14.0. The minimum absolute atomic E-state index is 0.0496. The van der Waals surface area contributed by atoms with Gasteiger partial charge in [0.05, 0.1) is 6.04 Å². The molecule has 2 N–H and O–H groups in total. The molecule has 1 fully saturated rings. The molecule has 6 nitrogen and oxygen atoms in total. The van der Waals surface area contributed by atoms with Crippen LogP contribution in [-0.2, 0) is 10.0 Å². The van der Waals surface area contributed by atoms with E-state index in [4.69, 9.17) is 0 Å². The lowest BCUT2D eigenvalue weighted by Gasteiger charge is -2.19. The summed E-state index contributed by atoms with van der Waals surface area (Å²) >= 11 is 0. The second-order valence-corrected chi connectivity index (χ2v) is 8.05. The average molecular weight is 361 g/mol. The zero-order chi connectivity index (χ0) is 17.7. The van der Waals surface area contributed by atoms with Crippen molar-refractivity contribution in [1.82, 2.24) is 9.29 Å². The van der Waals surface area contributed by atoms with Crippen LogP contribution >= 0.6 is 0 Å². The second kappa shape index (κ2) is 7.95. The van der Waals surface area contributed by atoms with Crippen molar-refractivity contribution >= 4 is 15.8 Å². The molecule has 0 radical (unpaired) electrons. The Hall–Kier alpha value is -1.96. The van der Waals surface area contributed by atoms with Crippen LogP contribution in [0, 0.1) is 0 Å². The standard InChI is InChI=1S/C18H23N3O3S/c22-13-10-17(15-6-2-1-3-7-15)20-18-9-8-16(14-19-18)25(23,24)21-11-4-5-12-21/h1-3,6-9,14,17,22H,4-5,10-13H2,(H,19,20)/t17-/m1/s1. The quantitative estimate of drug-likeness (QED) is 0.791. The number of pyridine rings is 1. The van der Waals surface area contributed by atoms with Crippen molar-refractivity contribution in [2.24, 2.45) is 0 Å². The van der Waals surface area contributed by atoms with Gasteiger partial charge in [0, 0.05) is 25.9 Å². The molecule has 1 aromatic carbocycles. The van der Waals surface area contributed by atoms with Gasteiger partial charge in [-0.25, -0.2) is 13.4 Å². The molecule has 2 aromatic rings. The fourth-order valence-corrected chi connectivity index (χ4v) is 4.47. The largest absolute Gasteiger partial charge is 0.396 e. The van der Waals surface area contributed by atoms with Gasteiger partial charge in [0.2, 0.25) is 10.0 Å². The molecule has 0 bridgehead atoms. The SMILES string of the molecule is O=S(=O)(c1ccc(N[C@H](CCO)c2ccccc2)nc1)N1CCCC1. The Morgan fingerprint density at radius 1 is 1.12 bits per heavy atom. The fraction of sp³-hybridized carbons (Fsp3) is 0.389. The van der Waals surface area contributed by atoms with Crippen molar-refractivity contribution in [2.45, 2.75) is 30.2 Å². The highest BCUT2D eigenvalue weighted by molar-refractivity contribution is 7.89. The van der Waals surface area contributed by atoms with Crippen LogP contribution in [0.5, 0.6) is 0 Å². The van der Waals surface area contributed by atoms with Crippen LogP contribution < -0.4 is 5.32 Å². The van der Waals surface area contributed by atoms with Crippen molar-refractivity contribution in [3.8, 4) is 0 Å². The topological polar surface area (TPSA) is 82.5 Å². The van der Waals surface area contributed by atoms with Gasteiger partial charge in [0.25, 0.3) is 0 Å². The molecule has 0 amide bonds. The van der Waals surface area contributed by atoms with E-state index in [1.54, 1.807) is 12.1 Å². The van der Waals surface area contributed by atoms with Gasteiger partial charge < -0.3 is 10.4 Å².